The van der Waals surface area contributed by atoms with Crippen LogP contribution in [0, 0.1) is 5.82 Å². The van der Waals surface area contributed by atoms with Gasteiger partial charge in [-0.05, 0) is 18.2 Å². The van der Waals surface area contributed by atoms with Crippen LogP contribution in [0.15, 0.2) is 46.7 Å². The molecule has 0 bridgehead atoms. The number of pyridine rings is 1. The molecule has 28 heavy (non-hydrogen) atoms. The highest BCUT2D eigenvalue weighted by Crippen LogP contribution is 2.40. The number of alkyl halides is 3. The summed E-state index contributed by atoms with van der Waals surface area (Å²) in [7, 11) is -2.23. The summed E-state index contributed by atoms with van der Waals surface area (Å²) in [6.45, 7) is 0. The summed E-state index contributed by atoms with van der Waals surface area (Å²) < 4.78 is 82.1. The summed E-state index contributed by atoms with van der Waals surface area (Å²) in [6.07, 6.45) is -3.20. The molecule has 2 aromatic rings. The first-order chi connectivity index (χ1) is 13.0. The maximum Gasteiger partial charge on any atom is 0.431 e. The Morgan fingerprint density at radius 3 is 2.43 bits per heavy atom. The van der Waals surface area contributed by atoms with Gasteiger partial charge in [0.05, 0.1) is 25.0 Å². The molecule has 11 heteroatoms. The molecule has 0 radical (unpaired) electrons. The maximum atomic E-state index is 14.5. The zero-order valence-electron chi connectivity index (χ0n) is 14.7. The molecule has 1 unspecified atom stereocenters. The molecule has 1 aromatic carbocycles. The highest BCUT2D eigenvalue weighted by Gasteiger charge is 2.44. The molecule has 0 amide bonds. The van der Waals surface area contributed by atoms with Crippen molar-refractivity contribution in [3.05, 3.63) is 47.9 Å². The molecule has 1 aliphatic heterocycles. The first kappa shape index (κ1) is 20.1. The number of rotatable bonds is 4. The number of hydrazone groups is 1. The Hall–Kier alpha value is -2.69. The van der Waals surface area contributed by atoms with Gasteiger partial charge in [0.2, 0.25) is 0 Å². The van der Waals surface area contributed by atoms with Crippen molar-refractivity contribution < 1.29 is 30.7 Å². The zero-order chi connectivity index (χ0) is 20.7. The van der Waals surface area contributed by atoms with Crippen LogP contribution in [0.1, 0.15) is 18.0 Å². The van der Waals surface area contributed by atoms with Gasteiger partial charge in [-0.3, -0.25) is 5.01 Å². The van der Waals surface area contributed by atoms with Crippen molar-refractivity contribution in [2.75, 3.05) is 18.4 Å². The van der Waals surface area contributed by atoms with Crippen LogP contribution in [0.3, 0.4) is 0 Å². The number of hydrogen-bond donors (Lipinski definition) is 0. The fraction of sp³-hybridized carbons (Fsp3) is 0.294. The Labute approximate surface area is 158 Å². The van der Waals surface area contributed by atoms with Crippen molar-refractivity contribution in [1.29, 1.82) is 0 Å². The Morgan fingerprint density at radius 1 is 1.21 bits per heavy atom. The summed E-state index contributed by atoms with van der Waals surface area (Å²) in [5, 5.41) is 4.36. The highest BCUT2D eigenvalue weighted by molar-refractivity contribution is 7.90. The lowest BCUT2D eigenvalue weighted by Gasteiger charge is -2.24. The fourth-order valence-electron chi connectivity index (χ4n) is 2.79. The fourth-order valence-corrected chi connectivity index (χ4v) is 3.35. The molecule has 2 heterocycles. The van der Waals surface area contributed by atoms with Crippen LogP contribution in [-0.2, 0) is 9.84 Å². The van der Waals surface area contributed by atoms with Crippen LogP contribution in [-0.4, -0.2) is 38.7 Å². The molecular weight excluding hydrogens is 402 g/mol. The van der Waals surface area contributed by atoms with Gasteiger partial charge in [0.15, 0.2) is 14.9 Å². The summed E-state index contributed by atoms with van der Waals surface area (Å²) in [5.74, 6) is -0.518. The van der Waals surface area contributed by atoms with Gasteiger partial charge in [-0.25, -0.2) is 17.8 Å². The third-order valence-corrected chi connectivity index (χ3v) is 5.17. The van der Waals surface area contributed by atoms with E-state index in [2.05, 4.69) is 10.1 Å². The minimum absolute atomic E-state index is 0.00371. The third kappa shape index (κ3) is 3.93. The molecule has 150 valence electrons. The number of ether oxygens (including phenoxy) is 1. The predicted octanol–water partition coefficient (Wildman–Crippen LogP) is 3.50. The van der Waals surface area contributed by atoms with Crippen molar-refractivity contribution in [2.24, 2.45) is 5.10 Å². The van der Waals surface area contributed by atoms with Gasteiger partial charge in [0.1, 0.15) is 17.3 Å². The monoisotopic (exact) mass is 417 g/mol. The van der Waals surface area contributed by atoms with Crippen LogP contribution in [0.2, 0.25) is 0 Å². The van der Waals surface area contributed by atoms with Crippen LogP contribution in [0.25, 0.3) is 0 Å². The van der Waals surface area contributed by atoms with E-state index in [4.69, 9.17) is 4.74 Å². The number of anilines is 1. The molecule has 0 spiro atoms. The second-order valence-corrected chi connectivity index (χ2v) is 8.09. The van der Waals surface area contributed by atoms with Crippen LogP contribution in [0.4, 0.5) is 23.2 Å². The topological polar surface area (TPSA) is 71.9 Å². The van der Waals surface area contributed by atoms with E-state index in [1.807, 2.05) is 0 Å². The smallest absolute Gasteiger partial charge is 0.431 e. The zero-order valence-corrected chi connectivity index (χ0v) is 15.6. The van der Waals surface area contributed by atoms with Gasteiger partial charge in [-0.2, -0.15) is 18.3 Å². The highest BCUT2D eigenvalue weighted by atomic mass is 32.2. The number of sulfone groups is 1. The number of aromatic nitrogens is 1. The number of methoxy groups -OCH3 is 1. The molecule has 0 saturated carbocycles. The first-order valence-corrected chi connectivity index (χ1v) is 9.83. The van der Waals surface area contributed by atoms with Crippen LogP contribution < -0.4 is 9.75 Å². The lowest BCUT2D eigenvalue weighted by Crippen LogP contribution is -2.22. The van der Waals surface area contributed by atoms with Gasteiger partial charge in [0, 0.05) is 24.3 Å². The molecule has 1 atom stereocenters. The lowest BCUT2D eigenvalue weighted by atomic mass is 10.0. The molecule has 6 nitrogen and oxygen atoms in total. The molecule has 0 saturated heterocycles. The summed E-state index contributed by atoms with van der Waals surface area (Å²) in [6, 6.07) is 5.21. The minimum atomic E-state index is -4.68. The standard InChI is InChI=1S/C17H15F4N3O3S/c1-27-11-4-5-12(13(18)7-11)14-8-15(17(19,20)21)23-24(14)10-3-6-16(22-9-10)28(2,25)26/h3-7,9,14H,8H2,1-2H3. The second-order valence-electron chi connectivity index (χ2n) is 6.12. The van der Waals surface area contributed by atoms with E-state index in [1.165, 1.54) is 25.3 Å². The van der Waals surface area contributed by atoms with E-state index >= 15 is 0 Å². The quantitative estimate of drug-likeness (QED) is 0.712. The molecule has 0 N–H and O–H groups in total. The Balaban J connectivity index is 2.04. The molecule has 0 fully saturated rings. The Kier molecular flexibility index (Phi) is 5.04. The van der Waals surface area contributed by atoms with E-state index in [1.54, 1.807) is 0 Å². The molecule has 3 rings (SSSR count). The molecular formula is C17H15F4N3O3S. The first-order valence-electron chi connectivity index (χ1n) is 7.94. The van der Waals surface area contributed by atoms with Crippen molar-refractivity contribution in [1.82, 2.24) is 4.98 Å². The number of benzene rings is 1. The van der Waals surface area contributed by atoms with Crippen molar-refractivity contribution >= 4 is 21.2 Å². The normalized spacial score (nSPS) is 17.6. The van der Waals surface area contributed by atoms with Gasteiger partial charge >= 0.3 is 6.18 Å². The van der Waals surface area contributed by atoms with Gasteiger partial charge in [-0.1, -0.05) is 6.07 Å². The van der Waals surface area contributed by atoms with Gasteiger partial charge < -0.3 is 4.74 Å². The van der Waals surface area contributed by atoms with E-state index < -0.39 is 40.0 Å². The molecule has 0 aliphatic carbocycles. The van der Waals surface area contributed by atoms with Crippen LogP contribution in [0.5, 0.6) is 5.75 Å². The second kappa shape index (κ2) is 7.04. The Morgan fingerprint density at radius 2 is 1.93 bits per heavy atom. The van der Waals surface area contributed by atoms with Crippen molar-refractivity contribution in [3.63, 3.8) is 0 Å². The SMILES string of the molecule is COc1ccc(C2CC(C(F)(F)F)=NN2c2ccc(S(C)(=O)=O)nc2)c(F)c1. The predicted molar refractivity (Wildman–Crippen MR) is 93.6 cm³/mol. The van der Waals surface area contributed by atoms with E-state index in [0.29, 0.717) is 0 Å². The maximum absolute atomic E-state index is 14.5. The largest absolute Gasteiger partial charge is 0.497 e. The summed E-state index contributed by atoms with van der Waals surface area (Å²) >= 11 is 0. The van der Waals surface area contributed by atoms with Gasteiger partial charge in [0.25, 0.3) is 0 Å². The number of hydrogen-bond acceptors (Lipinski definition) is 6. The average Bonchev–Trinajstić information content (AvgIpc) is 3.06. The van der Waals surface area contributed by atoms with E-state index in [9.17, 15) is 26.0 Å². The molecule has 1 aliphatic rings. The van der Waals surface area contributed by atoms with Gasteiger partial charge in [-0.15, -0.1) is 0 Å². The van der Waals surface area contributed by atoms with E-state index in [-0.39, 0.29) is 22.0 Å². The van der Waals surface area contributed by atoms with E-state index in [0.717, 1.165) is 29.6 Å². The average molecular weight is 417 g/mol. The van der Waals surface area contributed by atoms with Crippen molar-refractivity contribution in [3.8, 4) is 5.75 Å². The Bertz CT molecular complexity index is 1020. The lowest BCUT2D eigenvalue weighted by molar-refractivity contribution is -0.0600. The summed E-state index contributed by atoms with van der Waals surface area (Å²) in [5.41, 5.74) is -0.970. The van der Waals surface area contributed by atoms with Crippen molar-refractivity contribution in [2.45, 2.75) is 23.7 Å². The number of nitrogens with zero attached hydrogens (tertiary/aromatic N) is 3. The third-order valence-electron chi connectivity index (χ3n) is 4.17. The molecule has 1 aromatic heterocycles. The summed E-state index contributed by atoms with van der Waals surface area (Å²) in [4.78, 5) is 3.77. The minimum Gasteiger partial charge on any atom is -0.497 e. The number of halogens is 4. The van der Waals surface area contributed by atoms with Crippen LogP contribution >= 0.6 is 0 Å².